The van der Waals surface area contributed by atoms with Crippen molar-refractivity contribution in [1.29, 1.82) is 0 Å². The quantitative estimate of drug-likeness (QED) is 0.0460. The number of aliphatic hydroxyl groups excluding tert-OH is 1. The highest BCUT2D eigenvalue weighted by Crippen LogP contribution is 2.15. The van der Waals surface area contributed by atoms with Crippen molar-refractivity contribution in [2.75, 3.05) is 6.54 Å². The van der Waals surface area contributed by atoms with Gasteiger partial charge in [-0.25, -0.2) is 0 Å². The molecule has 0 aliphatic rings. The molecule has 1 atom stereocenters. The Morgan fingerprint density at radius 1 is 0.524 bits per heavy atom. The molecule has 0 radical (unpaired) electrons. The first-order valence-corrected chi connectivity index (χ1v) is 18.3. The van der Waals surface area contributed by atoms with Gasteiger partial charge in [0.25, 0.3) is 0 Å². The lowest BCUT2D eigenvalue weighted by Gasteiger charge is -2.20. The van der Waals surface area contributed by atoms with Crippen molar-refractivity contribution in [2.24, 2.45) is 5.92 Å². The number of hydrogen-bond donors (Lipinski definition) is 4. The predicted molar refractivity (Wildman–Crippen MR) is 178 cm³/mol. The van der Waals surface area contributed by atoms with E-state index in [0.29, 0.717) is 13.0 Å². The minimum atomic E-state index is -1.66. The van der Waals surface area contributed by atoms with Crippen LogP contribution in [0.5, 0.6) is 0 Å². The summed E-state index contributed by atoms with van der Waals surface area (Å²) in [6, 6.07) is -0.806. The molecule has 0 aliphatic heterocycles. The molecule has 6 heteroatoms. The van der Waals surface area contributed by atoms with Gasteiger partial charge in [-0.2, -0.15) is 0 Å². The molecule has 6 nitrogen and oxygen atoms in total. The summed E-state index contributed by atoms with van der Waals surface area (Å²) in [4.78, 5) is 24.4. The van der Waals surface area contributed by atoms with Crippen LogP contribution in [-0.4, -0.2) is 40.9 Å². The van der Waals surface area contributed by atoms with E-state index in [-0.39, 0.29) is 24.7 Å². The predicted octanol–water partition coefficient (Wildman–Crippen LogP) is 9.11. The lowest BCUT2D eigenvalue weighted by Crippen LogP contribution is -2.44. The Morgan fingerprint density at radius 3 is 1.40 bits per heavy atom. The van der Waals surface area contributed by atoms with Crippen LogP contribution in [-0.2, 0) is 9.59 Å². The van der Waals surface area contributed by atoms with Crippen LogP contribution < -0.4 is 10.6 Å². The van der Waals surface area contributed by atoms with Crippen LogP contribution in [0, 0.1) is 5.92 Å². The molecule has 0 bridgehead atoms. The molecule has 1 unspecified atom stereocenters. The zero-order valence-corrected chi connectivity index (χ0v) is 28.2. The normalized spacial score (nSPS) is 12.3. The summed E-state index contributed by atoms with van der Waals surface area (Å²) in [5.74, 6) is 0.478. The summed E-state index contributed by atoms with van der Waals surface area (Å²) < 4.78 is 0. The fourth-order valence-corrected chi connectivity index (χ4v) is 5.57. The number of carbonyl (C=O) groups excluding carboxylic acids is 2. The molecule has 250 valence electrons. The number of amides is 2. The molecule has 0 rings (SSSR count). The Bertz CT molecular complexity index is 597. The lowest BCUT2D eigenvalue weighted by molar-refractivity contribution is -0.129. The summed E-state index contributed by atoms with van der Waals surface area (Å²) in [6.07, 6.45) is 29.9. The van der Waals surface area contributed by atoms with Gasteiger partial charge in [-0.15, -0.1) is 0 Å². The van der Waals surface area contributed by atoms with Crippen LogP contribution in [0.4, 0.5) is 0 Å². The highest BCUT2D eigenvalue weighted by atomic mass is 16.5. The van der Waals surface area contributed by atoms with Crippen molar-refractivity contribution in [3.05, 3.63) is 0 Å². The van der Waals surface area contributed by atoms with Crippen molar-refractivity contribution in [3.8, 4) is 0 Å². The van der Waals surface area contributed by atoms with E-state index in [0.717, 1.165) is 38.0 Å². The van der Waals surface area contributed by atoms with Gasteiger partial charge in [0.1, 0.15) is 0 Å². The maximum atomic E-state index is 12.3. The maximum absolute atomic E-state index is 12.3. The molecule has 0 spiro atoms. The van der Waals surface area contributed by atoms with Crippen molar-refractivity contribution >= 4 is 11.8 Å². The SMILES string of the molecule is CCCCCCCCCCCCCCCCCCCCCC(=O)NC(CCC(=O)NCCCCCCC(C)C)C(O)O. The Kier molecular flexibility index (Phi) is 30.4. The first-order chi connectivity index (χ1) is 20.4. The molecule has 0 aromatic heterocycles. The molecule has 0 saturated heterocycles. The van der Waals surface area contributed by atoms with E-state index in [2.05, 4.69) is 31.4 Å². The van der Waals surface area contributed by atoms with E-state index in [9.17, 15) is 19.8 Å². The summed E-state index contributed by atoms with van der Waals surface area (Å²) >= 11 is 0. The summed E-state index contributed by atoms with van der Waals surface area (Å²) in [6.45, 7) is 7.41. The van der Waals surface area contributed by atoms with Crippen molar-refractivity contribution in [2.45, 2.75) is 206 Å². The number of aliphatic hydroxyl groups is 2. The fraction of sp³-hybridized carbons (Fsp3) is 0.944. The Morgan fingerprint density at radius 2 is 0.952 bits per heavy atom. The first kappa shape index (κ1) is 40.9. The molecular formula is C36H72N2O4. The largest absolute Gasteiger partial charge is 0.366 e. The van der Waals surface area contributed by atoms with E-state index in [4.69, 9.17) is 0 Å². The first-order valence-electron chi connectivity index (χ1n) is 18.3. The molecular weight excluding hydrogens is 524 g/mol. The van der Waals surface area contributed by atoms with Crippen LogP contribution >= 0.6 is 0 Å². The summed E-state index contributed by atoms with van der Waals surface area (Å²) in [7, 11) is 0. The van der Waals surface area contributed by atoms with Gasteiger partial charge in [-0.05, 0) is 25.2 Å². The van der Waals surface area contributed by atoms with Crippen LogP contribution in [0.25, 0.3) is 0 Å². The summed E-state index contributed by atoms with van der Waals surface area (Å²) in [5.41, 5.74) is 0. The van der Waals surface area contributed by atoms with Crippen molar-refractivity contribution in [3.63, 3.8) is 0 Å². The van der Waals surface area contributed by atoms with E-state index in [1.54, 1.807) is 0 Å². The van der Waals surface area contributed by atoms with E-state index < -0.39 is 12.3 Å². The molecule has 0 saturated carbocycles. The third kappa shape index (κ3) is 30.3. The second kappa shape index (κ2) is 31.3. The van der Waals surface area contributed by atoms with Gasteiger partial charge in [0.05, 0.1) is 6.04 Å². The molecule has 42 heavy (non-hydrogen) atoms. The minimum absolute atomic E-state index is 0.101. The number of carbonyl (C=O) groups is 2. The molecule has 0 aromatic carbocycles. The van der Waals surface area contributed by atoms with Gasteiger partial charge in [-0.3, -0.25) is 9.59 Å². The smallest absolute Gasteiger partial charge is 0.220 e. The Balaban J connectivity index is 3.58. The Labute approximate surface area is 261 Å². The van der Waals surface area contributed by atoms with Crippen LogP contribution in [0.1, 0.15) is 194 Å². The van der Waals surface area contributed by atoms with Gasteiger partial charge < -0.3 is 20.8 Å². The average molecular weight is 597 g/mol. The van der Waals surface area contributed by atoms with Gasteiger partial charge in [0, 0.05) is 19.4 Å². The van der Waals surface area contributed by atoms with Gasteiger partial charge in [0.15, 0.2) is 6.29 Å². The number of unbranched alkanes of at least 4 members (excludes halogenated alkanes) is 21. The summed E-state index contributed by atoms with van der Waals surface area (Å²) in [5, 5.41) is 24.9. The van der Waals surface area contributed by atoms with Crippen LogP contribution in [0.15, 0.2) is 0 Å². The van der Waals surface area contributed by atoms with Crippen molar-refractivity contribution in [1.82, 2.24) is 10.6 Å². The Hall–Kier alpha value is -1.14. The molecule has 0 heterocycles. The standard InChI is InChI=1S/C36H72N2O4/c1-4-5-6-7-8-9-10-11-12-13-14-15-16-17-18-19-20-21-25-28-35(40)38-33(36(41)42)29-30-34(39)37-31-26-23-22-24-27-32(2)3/h32-33,36,41-42H,4-31H2,1-3H3,(H,37,39)(H,38,40). The second-order valence-corrected chi connectivity index (χ2v) is 13.2. The van der Waals surface area contributed by atoms with E-state index in [1.807, 2.05) is 0 Å². The maximum Gasteiger partial charge on any atom is 0.220 e. The fourth-order valence-electron chi connectivity index (χ4n) is 5.57. The third-order valence-corrected chi connectivity index (χ3v) is 8.43. The average Bonchev–Trinajstić information content (AvgIpc) is 2.95. The van der Waals surface area contributed by atoms with E-state index in [1.165, 1.54) is 122 Å². The van der Waals surface area contributed by atoms with Gasteiger partial charge >= 0.3 is 0 Å². The molecule has 2 amide bonds. The van der Waals surface area contributed by atoms with Crippen molar-refractivity contribution < 1.29 is 19.8 Å². The number of nitrogens with one attached hydrogen (secondary N) is 2. The zero-order chi connectivity index (χ0) is 31.1. The van der Waals surface area contributed by atoms with Gasteiger partial charge in [0.2, 0.25) is 11.8 Å². The molecule has 0 aromatic rings. The minimum Gasteiger partial charge on any atom is -0.366 e. The molecule has 4 N–H and O–H groups in total. The van der Waals surface area contributed by atoms with Gasteiger partial charge in [-0.1, -0.05) is 162 Å². The second-order valence-electron chi connectivity index (χ2n) is 13.2. The zero-order valence-electron chi connectivity index (χ0n) is 28.2. The number of hydrogen-bond acceptors (Lipinski definition) is 4. The molecule has 0 aliphatic carbocycles. The third-order valence-electron chi connectivity index (χ3n) is 8.43. The lowest BCUT2D eigenvalue weighted by atomic mass is 10.0. The highest BCUT2D eigenvalue weighted by molar-refractivity contribution is 5.77. The highest BCUT2D eigenvalue weighted by Gasteiger charge is 2.20. The monoisotopic (exact) mass is 597 g/mol. The molecule has 0 fully saturated rings. The van der Waals surface area contributed by atoms with Crippen LogP contribution in [0.2, 0.25) is 0 Å². The van der Waals surface area contributed by atoms with Crippen LogP contribution in [0.3, 0.4) is 0 Å². The number of rotatable bonds is 32. The van der Waals surface area contributed by atoms with E-state index >= 15 is 0 Å². The topological polar surface area (TPSA) is 98.7 Å².